The van der Waals surface area contributed by atoms with Crippen LogP contribution in [0.3, 0.4) is 0 Å². The van der Waals surface area contributed by atoms with Crippen molar-refractivity contribution in [2.45, 2.75) is 65.5 Å². The van der Waals surface area contributed by atoms with E-state index in [4.69, 9.17) is 0 Å². The lowest BCUT2D eigenvalue weighted by atomic mass is 9.90. The molecule has 1 rings (SSSR count). The van der Waals surface area contributed by atoms with Crippen LogP contribution < -0.4 is 10.6 Å². The smallest absolute Gasteiger partial charge is 0.234 e. The maximum absolute atomic E-state index is 12.1. The van der Waals surface area contributed by atoms with Crippen LogP contribution in [0.4, 0.5) is 0 Å². The summed E-state index contributed by atoms with van der Waals surface area (Å²) in [5.74, 6) is 0.861. The lowest BCUT2D eigenvalue weighted by Crippen LogP contribution is -2.52. The van der Waals surface area contributed by atoms with Crippen molar-refractivity contribution in [1.82, 2.24) is 15.5 Å². The van der Waals surface area contributed by atoms with Crippen molar-refractivity contribution in [3.05, 3.63) is 0 Å². The quantitative estimate of drug-likeness (QED) is 0.716. The van der Waals surface area contributed by atoms with Crippen LogP contribution in [0.5, 0.6) is 0 Å². The number of hydrogen-bond donors (Lipinski definition) is 2. The predicted molar refractivity (Wildman–Crippen MR) is 84.8 cm³/mol. The van der Waals surface area contributed by atoms with Crippen LogP contribution in [-0.4, -0.2) is 49.1 Å². The summed E-state index contributed by atoms with van der Waals surface area (Å²) in [6, 6.07) is 0.965. The molecule has 1 saturated heterocycles. The normalized spacial score (nSPS) is 24.1. The molecule has 1 amide bonds. The fourth-order valence-corrected chi connectivity index (χ4v) is 3.16. The Balaban J connectivity index is 2.40. The average Bonchev–Trinajstić information content (AvgIpc) is 2.46. The topological polar surface area (TPSA) is 44.4 Å². The van der Waals surface area contributed by atoms with Crippen molar-refractivity contribution >= 4 is 5.91 Å². The summed E-state index contributed by atoms with van der Waals surface area (Å²) < 4.78 is 0. The Hall–Kier alpha value is -0.610. The maximum atomic E-state index is 12.1. The van der Waals surface area contributed by atoms with Gasteiger partial charge >= 0.3 is 0 Å². The number of amides is 1. The van der Waals surface area contributed by atoms with E-state index in [1.807, 2.05) is 0 Å². The fourth-order valence-electron chi connectivity index (χ4n) is 3.16. The molecule has 1 aliphatic rings. The van der Waals surface area contributed by atoms with Gasteiger partial charge in [-0.1, -0.05) is 34.1 Å². The summed E-state index contributed by atoms with van der Waals surface area (Å²) in [6.45, 7) is 12.4. The minimum atomic E-state index is 0.190. The van der Waals surface area contributed by atoms with E-state index < -0.39 is 0 Å². The van der Waals surface area contributed by atoms with Gasteiger partial charge in [0, 0.05) is 25.2 Å². The second-order valence-corrected chi connectivity index (χ2v) is 5.94. The summed E-state index contributed by atoms with van der Waals surface area (Å²) >= 11 is 0. The molecule has 0 aromatic rings. The van der Waals surface area contributed by atoms with Crippen LogP contribution in [0.2, 0.25) is 0 Å². The molecule has 4 nitrogen and oxygen atoms in total. The Morgan fingerprint density at radius 1 is 1.25 bits per heavy atom. The number of nitrogens with one attached hydrogen (secondary N) is 2. The summed E-state index contributed by atoms with van der Waals surface area (Å²) in [5, 5.41) is 6.72. The van der Waals surface area contributed by atoms with Gasteiger partial charge in [0.05, 0.1) is 6.54 Å². The predicted octanol–water partition coefficient (Wildman–Crippen LogP) is 2.00. The van der Waals surface area contributed by atoms with Gasteiger partial charge in [-0.05, 0) is 31.7 Å². The first kappa shape index (κ1) is 17.4. The zero-order valence-corrected chi connectivity index (χ0v) is 13.7. The fraction of sp³-hybridized carbons (Fsp3) is 0.938. The summed E-state index contributed by atoms with van der Waals surface area (Å²) in [5.41, 5.74) is 0. The lowest BCUT2D eigenvalue weighted by molar-refractivity contribution is -0.123. The van der Waals surface area contributed by atoms with Crippen molar-refractivity contribution in [2.24, 2.45) is 5.92 Å². The molecular weight excluding hydrogens is 250 g/mol. The highest BCUT2D eigenvalue weighted by Crippen LogP contribution is 2.19. The van der Waals surface area contributed by atoms with Gasteiger partial charge in [-0.2, -0.15) is 0 Å². The van der Waals surface area contributed by atoms with E-state index in [0.29, 0.717) is 24.5 Å². The number of nitrogens with zero attached hydrogens (tertiary/aromatic N) is 1. The van der Waals surface area contributed by atoms with E-state index in [9.17, 15) is 4.79 Å². The molecule has 0 spiro atoms. The molecule has 118 valence electrons. The molecule has 2 N–H and O–H groups in total. The minimum absolute atomic E-state index is 0.190. The highest BCUT2D eigenvalue weighted by Gasteiger charge is 2.28. The molecule has 0 bridgehead atoms. The molecule has 1 heterocycles. The second kappa shape index (κ2) is 9.35. The molecule has 0 radical (unpaired) electrons. The van der Waals surface area contributed by atoms with Crippen LogP contribution in [0.25, 0.3) is 0 Å². The molecule has 20 heavy (non-hydrogen) atoms. The van der Waals surface area contributed by atoms with Crippen LogP contribution >= 0.6 is 0 Å². The first-order valence-corrected chi connectivity index (χ1v) is 8.39. The SMILES string of the molecule is CCNC1CCN(CC(=O)NC(CC)CC)CC1CC. The van der Waals surface area contributed by atoms with Gasteiger partial charge in [0.1, 0.15) is 0 Å². The maximum Gasteiger partial charge on any atom is 0.234 e. The zero-order chi connectivity index (χ0) is 15.0. The highest BCUT2D eigenvalue weighted by atomic mass is 16.2. The second-order valence-electron chi connectivity index (χ2n) is 5.94. The van der Waals surface area contributed by atoms with Gasteiger partial charge in [0.2, 0.25) is 5.91 Å². The average molecular weight is 283 g/mol. The van der Waals surface area contributed by atoms with E-state index in [0.717, 1.165) is 38.9 Å². The Labute approximate surface area is 124 Å². The highest BCUT2D eigenvalue weighted by molar-refractivity contribution is 5.78. The zero-order valence-electron chi connectivity index (χ0n) is 13.7. The minimum Gasteiger partial charge on any atom is -0.352 e. The van der Waals surface area contributed by atoms with Crippen LogP contribution in [0.15, 0.2) is 0 Å². The number of carbonyl (C=O) groups is 1. The van der Waals surface area contributed by atoms with Gasteiger partial charge < -0.3 is 10.6 Å². The van der Waals surface area contributed by atoms with Crippen molar-refractivity contribution < 1.29 is 4.79 Å². The van der Waals surface area contributed by atoms with Gasteiger partial charge in [-0.15, -0.1) is 0 Å². The molecule has 0 aromatic carbocycles. The van der Waals surface area contributed by atoms with E-state index >= 15 is 0 Å². The van der Waals surface area contributed by atoms with Gasteiger partial charge in [-0.25, -0.2) is 0 Å². The van der Waals surface area contributed by atoms with Crippen molar-refractivity contribution in [3.8, 4) is 0 Å². The molecule has 2 atom stereocenters. The molecule has 0 saturated carbocycles. The van der Waals surface area contributed by atoms with Crippen LogP contribution in [0, 0.1) is 5.92 Å². The summed E-state index contributed by atoms with van der Waals surface area (Å²) in [4.78, 5) is 14.4. The number of rotatable bonds is 8. The monoisotopic (exact) mass is 283 g/mol. The molecule has 1 aliphatic heterocycles. The molecular formula is C16H33N3O. The Kier molecular flexibility index (Phi) is 8.15. The number of piperidine rings is 1. The molecule has 2 unspecified atom stereocenters. The molecule has 0 aliphatic carbocycles. The van der Waals surface area contributed by atoms with E-state index in [2.05, 4.69) is 43.2 Å². The third kappa shape index (κ3) is 5.41. The van der Waals surface area contributed by atoms with Crippen molar-refractivity contribution in [1.29, 1.82) is 0 Å². The van der Waals surface area contributed by atoms with E-state index in [1.165, 1.54) is 6.42 Å². The Bertz CT molecular complexity index is 279. The summed E-state index contributed by atoms with van der Waals surface area (Å²) in [7, 11) is 0. The Morgan fingerprint density at radius 2 is 1.95 bits per heavy atom. The lowest BCUT2D eigenvalue weighted by Gasteiger charge is -2.38. The Morgan fingerprint density at radius 3 is 2.50 bits per heavy atom. The third-order valence-electron chi connectivity index (χ3n) is 4.53. The number of hydrogen-bond acceptors (Lipinski definition) is 3. The van der Waals surface area contributed by atoms with Gasteiger partial charge in [0.25, 0.3) is 0 Å². The van der Waals surface area contributed by atoms with Gasteiger partial charge in [0.15, 0.2) is 0 Å². The molecule has 1 fully saturated rings. The van der Waals surface area contributed by atoms with E-state index in [1.54, 1.807) is 0 Å². The molecule has 0 aromatic heterocycles. The largest absolute Gasteiger partial charge is 0.352 e. The van der Waals surface area contributed by atoms with Crippen LogP contribution in [0.1, 0.15) is 53.4 Å². The van der Waals surface area contributed by atoms with Gasteiger partial charge in [-0.3, -0.25) is 9.69 Å². The van der Waals surface area contributed by atoms with E-state index in [-0.39, 0.29) is 5.91 Å². The first-order chi connectivity index (χ1) is 9.64. The standard InChI is InChI=1S/C16H33N3O/c1-5-13-11-19(10-9-15(13)17-8-4)12-16(20)18-14(6-2)7-3/h13-15,17H,5-12H2,1-4H3,(H,18,20). The van der Waals surface area contributed by atoms with Crippen molar-refractivity contribution in [3.63, 3.8) is 0 Å². The van der Waals surface area contributed by atoms with Crippen LogP contribution in [-0.2, 0) is 4.79 Å². The van der Waals surface area contributed by atoms with Crippen molar-refractivity contribution in [2.75, 3.05) is 26.2 Å². The molecule has 4 heteroatoms. The first-order valence-electron chi connectivity index (χ1n) is 8.39. The number of likely N-dealkylation sites (tertiary alicyclic amines) is 1. The summed E-state index contributed by atoms with van der Waals surface area (Å²) in [6.07, 6.45) is 4.37. The third-order valence-corrected chi connectivity index (χ3v) is 4.53. The number of carbonyl (C=O) groups excluding carboxylic acids is 1.